The number of rotatable bonds is 9. The van der Waals surface area contributed by atoms with Gasteiger partial charge in [0.2, 0.25) is 5.91 Å². The summed E-state index contributed by atoms with van der Waals surface area (Å²) in [6.07, 6.45) is 4.48. The molecule has 0 aliphatic carbocycles. The zero-order valence-electron chi connectivity index (χ0n) is 20.9. The van der Waals surface area contributed by atoms with Crippen LogP contribution in [-0.4, -0.2) is 27.4 Å². The number of para-hydroxylation sites is 1. The highest BCUT2D eigenvalue weighted by Crippen LogP contribution is 2.28. The number of hydrogen-bond acceptors (Lipinski definition) is 3. The fourth-order valence-electron chi connectivity index (χ4n) is 4.69. The van der Waals surface area contributed by atoms with Gasteiger partial charge in [0.25, 0.3) is 5.56 Å². The van der Waals surface area contributed by atoms with Gasteiger partial charge in [0.15, 0.2) is 0 Å². The van der Waals surface area contributed by atoms with Crippen molar-refractivity contribution < 1.29 is 4.79 Å². The maximum absolute atomic E-state index is 13.8. The molecule has 176 valence electrons. The summed E-state index contributed by atoms with van der Waals surface area (Å²) in [5.41, 5.74) is 3.53. The van der Waals surface area contributed by atoms with E-state index in [2.05, 4.69) is 26.8 Å². The van der Waals surface area contributed by atoms with E-state index in [4.69, 9.17) is 4.98 Å². The van der Waals surface area contributed by atoms with Crippen LogP contribution < -0.4 is 5.56 Å². The molecule has 1 heterocycles. The van der Waals surface area contributed by atoms with Gasteiger partial charge in [0, 0.05) is 13.0 Å². The Morgan fingerprint density at radius 2 is 1.79 bits per heavy atom. The number of aromatic nitrogens is 2. The molecule has 1 amide bonds. The van der Waals surface area contributed by atoms with Crippen molar-refractivity contribution in [1.82, 2.24) is 14.5 Å². The Hall–Kier alpha value is -2.95. The van der Waals surface area contributed by atoms with Gasteiger partial charge in [0.1, 0.15) is 5.82 Å². The van der Waals surface area contributed by atoms with Gasteiger partial charge >= 0.3 is 0 Å². The number of fused-ring (bicyclic) bond motifs is 1. The minimum atomic E-state index is -0.300. The van der Waals surface area contributed by atoms with Crippen LogP contribution in [-0.2, 0) is 4.79 Å². The van der Waals surface area contributed by atoms with Crippen molar-refractivity contribution in [3.8, 4) is 5.69 Å². The molecule has 0 aliphatic rings. The SMILES string of the molecule is CCCCC(CC)C(=O)N(C)C(CC)c1nc2ccccc2c(=O)n1-c1ccc(C)cc1C. The molecule has 0 fully saturated rings. The van der Waals surface area contributed by atoms with Crippen molar-refractivity contribution in [2.45, 2.75) is 72.8 Å². The predicted octanol–water partition coefficient (Wildman–Crippen LogP) is 6.13. The summed E-state index contributed by atoms with van der Waals surface area (Å²) in [4.78, 5) is 34.0. The minimum Gasteiger partial charge on any atom is -0.335 e. The van der Waals surface area contributed by atoms with E-state index in [0.29, 0.717) is 23.1 Å². The average Bonchev–Trinajstić information content (AvgIpc) is 2.81. The van der Waals surface area contributed by atoms with Gasteiger partial charge in [-0.25, -0.2) is 4.98 Å². The van der Waals surface area contributed by atoms with E-state index in [-0.39, 0.29) is 23.4 Å². The lowest BCUT2D eigenvalue weighted by molar-refractivity contribution is -0.137. The standard InChI is InChI=1S/C28H37N3O2/c1-7-10-13-21(8-2)27(32)30(6)24(9-3)26-29-23-15-12-11-14-22(23)28(33)31(26)25-17-16-19(4)18-20(25)5/h11-12,14-18,21,24H,7-10,13H2,1-6H3. The second-order valence-electron chi connectivity index (χ2n) is 9.04. The zero-order chi connectivity index (χ0) is 24.1. The highest BCUT2D eigenvalue weighted by atomic mass is 16.2. The van der Waals surface area contributed by atoms with Crippen LogP contribution in [0.2, 0.25) is 0 Å². The number of carbonyl (C=O) groups is 1. The molecule has 0 radical (unpaired) electrons. The van der Waals surface area contributed by atoms with E-state index in [1.54, 1.807) is 4.57 Å². The second-order valence-corrected chi connectivity index (χ2v) is 9.04. The van der Waals surface area contributed by atoms with Crippen LogP contribution >= 0.6 is 0 Å². The third-order valence-corrected chi connectivity index (χ3v) is 6.64. The van der Waals surface area contributed by atoms with Crippen LogP contribution in [0.3, 0.4) is 0 Å². The molecule has 5 heteroatoms. The summed E-state index contributed by atoms with van der Waals surface area (Å²) in [6, 6.07) is 13.2. The molecular weight excluding hydrogens is 410 g/mol. The van der Waals surface area contributed by atoms with Gasteiger partial charge in [-0.3, -0.25) is 14.2 Å². The highest BCUT2D eigenvalue weighted by molar-refractivity contribution is 5.80. The summed E-state index contributed by atoms with van der Waals surface area (Å²) in [5, 5.41) is 0.583. The molecule has 1 aromatic heterocycles. The first-order chi connectivity index (χ1) is 15.8. The molecule has 2 atom stereocenters. The number of hydrogen-bond donors (Lipinski definition) is 0. The molecule has 0 saturated carbocycles. The molecule has 0 saturated heterocycles. The third kappa shape index (κ3) is 5.02. The van der Waals surface area contributed by atoms with Crippen LogP contribution in [0.1, 0.15) is 75.9 Å². The normalized spacial score (nSPS) is 13.2. The van der Waals surface area contributed by atoms with Crippen LogP contribution in [0.15, 0.2) is 47.3 Å². The topological polar surface area (TPSA) is 55.2 Å². The first-order valence-corrected chi connectivity index (χ1v) is 12.2. The Balaban J connectivity index is 2.21. The zero-order valence-corrected chi connectivity index (χ0v) is 20.9. The minimum absolute atomic E-state index is 0.00857. The Morgan fingerprint density at radius 3 is 2.42 bits per heavy atom. The molecular formula is C28H37N3O2. The number of nitrogens with zero attached hydrogens (tertiary/aromatic N) is 3. The van der Waals surface area contributed by atoms with Gasteiger partial charge in [-0.2, -0.15) is 0 Å². The fourth-order valence-corrected chi connectivity index (χ4v) is 4.69. The number of benzene rings is 2. The summed E-state index contributed by atoms with van der Waals surface area (Å²) in [5.74, 6) is 0.743. The van der Waals surface area contributed by atoms with E-state index in [0.717, 1.165) is 42.5 Å². The summed E-state index contributed by atoms with van der Waals surface area (Å²) >= 11 is 0. The van der Waals surface area contributed by atoms with Gasteiger partial charge in [-0.15, -0.1) is 0 Å². The summed E-state index contributed by atoms with van der Waals surface area (Å²) in [7, 11) is 1.86. The lowest BCUT2D eigenvalue weighted by Crippen LogP contribution is -2.39. The lowest BCUT2D eigenvalue weighted by Gasteiger charge is -2.32. The van der Waals surface area contributed by atoms with Gasteiger partial charge in [0.05, 0.1) is 22.6 Å². The first kappa shape index (κ1) is 24.7. The Labute approximate surface area is 197 Å². The quantitative estimate of drug-likeness (QED) is 0.396. The first-order valence-electron chi connectivity index (χ1n) is 12.2. The molecule has 0 spiro atoms. The van der Waals surface area contributed by atoms with Crippen molar-refractivity contribution >= 4 is 16.8 Å². The number of unbranched alkanes of at least 4 members (excludes halogenated alkanes) is 1. The van der Waals surface area contributed by atoms with E-state index < -0.39 is 0 Å². The van der Waals surface area contributed by atoms with Crippen molar-refractivity contribution in [1.29, 1.82) is 0 Å². The molecule has 0 N–H and O–H groups in total. The molecule has 2 unspecified atom stereocenters. The predicted molar refractivity (Wildman–Crippen MR) is 136 cm³/mol. The van der Waals surface area contributed by atoms with E-state index >= 15 is 0 Å². The maximum atomic E-state index is 13.8. The molecule has 0 aliphatic heterocycles. The average molecular weight is 448 g/mol. The lowest BCUT2D eigenvalue weighted by atomic mass is 9.96. The van der Waals surface area contributed by atoms with Crippen LogP contribution in [0.4, 0.5) is 0 Å². The Bertz CT molecular complexity index is 1180. The number of aryl methyl sites for hydroxylation is 2. The summed E-state index contributed by atoms with van der Waals surface area (Å²) in [6.45, 7) is 10.3. The molecule has 3 aromatic rings. The number of carbonyl (C=O) groups excluding carboxylic acids is 1. The second kappa shape index (κ2) is 10.8. The molecule has 5 nitrogen and oxygen atoms in total. The molecule has 0 bridgehead atoms. The van der Waals surface area contributed by atoms with Crippen molar-refractivity contribution in [3.63, 3.8) is 0 Å². The summed E-state index contributed by atoms with van der Waals surface area (Å²) < 4.78 is 1.72. The third-order valence-electron chi connectivity index (χ3n) is 6.64. The molecule has 2 aromatic carbocycles. The monoisotopic (exact) mass is 447 g/mol. The van der Waals surface area contributed by atoms with Crippen molar-refractivity contribution in [2.75, 3.05) is 7.05 Å². The van der Waals surface area contributed by atoms with Crippen molar-refractivity contribution in [2.24, 2.45) is 5.92 Å². The van der Waals surface area contributed by atoms with Gasteiger partial charge < -0.3 is 4.90 Å². The van der Waals surface area contributed by atoms with E-state index in [1.807, 2.05) is 62.2 Å². The van der Waals surface area contributed by atoms with Crippen molar-refractivity contribution in [3.05, 3.63) is 69.8 Å². The molecule has 3 rings (SSSR count). The van der Waals surface area contributed by atoms with Gasteiger partial charge in [-0.05, 0) is 56.9 Å². The fraction of sp³-hybridized carbons (Fsp3) is 0.464. The maximum Gasteiger partial charge on any atom is 0.266 e. The highest BCUT2D eigenvalue weighted by Gasteiger charge is 2.30. The van der Waals surface area contributed by atoms with Crippen LogP contribution in [0.5, 0.6) is 0 Å². The number of amides is 1. The smallest absolute Gasteiger partial charge is 0.266 e. The van der Waals surface area contributed by atoms with Crippen LogP contribution in [0, 0.1) is 19.8 Å². The van der Waals surface area contributed by atoms with Gasteiger partial charge in [-0.1, -0.05) is 63.4 Å². The van der Waals surface area contributed by atoms with Crippen LogP contribution in [0.25, 0.3) is 16.6 Å². The Morgan fingerprint density at radius 1 is 1.06 bits per heavy atom. The Kier molecular flexibility index (Phi) is 8.06. The molecule has 33 heavy (non-hydrogen) atoms. The van der Waals surface area contributed by atoms with E-state index in [9.17, 15) is 9.59 Å². The largest absolute Gasteiger partial charge is 0.335 e. The van der Waals surface area contributed by atoms with E-state index in [1.165, 1.54) is 0 Å².